The molecule has 13 heavy (non-hydrogen) atoms. The molecule has 0 radical (unpaired) electrons. The summed E-state index contributed by atoms with van der Waals surface area (Å²) in [6, 6.07) is 0. The minimum absolute atomic E-state index is 0.660. The van der Waals surface area contributed by atoms with Gasteiger partial charge in [-0.1, -0.05) is 23.2 Å². The number of carboxylic acids is 1. The summed E-state index contributed by atoms with van der Waals surface area (Å²) >= 11 is 10.4. The number of carbonyl (C=O) groups is 1. The lowest BCUT2D eigenvalue weighted by Crippen LogP contribution is -2.32. The zero-order chi connectivity index (χ0) is 10.7. The van der Waals surface area contributed by atoms with Crippen molar-refractivity contribution in [2.45, 2.75) is 17.4 Å². The van der Waals surface area contributed by atoms with E-state index in [1.165, 1.54) is 0 Å². The van der Waals surface area contributed by atoms with Crippen molar-refractivity contribution < 1.29 is 23.1 Å². The predicted octanol–water partition coefficient (Wildman–Crippen LogP) is 1.11. The molecule has 76 valence electrons. The van der Waals surface area contributed by atoms with Crippen molar-refractivity contribution in [1.29, 1.82) is 0 Å². The predicted molar refractivity (Wildman–Crippen MR) is 37.1 cm³/mol. The second-order valence-corrected chi connectivity index (χ2v) is 4.46. The number of hydrogen-bond donors (Lipinski definition) is 0. The Morgan fingerprint density at radius 3 is 1.92 bits per heavy atom. The fourth-order valence-corrected chi connectivity index (χ4v) is 2.21. The summed E-state index contributed by atoms with van der Waals surface area (Å²) in [4.78, 5) is 10.3. The van der Waals surface area contributed by atoms with E-state index in [9.17, 15) is 23.1 Å². The van der Waals surface area contributed by atoms with E-state index in [4.69, 9.17) is 23.2 Å². The molecule has 0 bridgehead atoms. The molecule has 0 aromatic heterocycles. The van der Waals surface area contributed by atoms with Gasteiger partial charge in [0.15, 0.2) is 0 Å². The number of rotatable bonds is 1. The number of aliphatic carboxylic acids is 1. The summed E-state index contributed by atoms with van der Waals surface area (Å²) in [7, 11) is 0. The fourth-order valence-electron chi connectivity index (χ4n) is 1.27. The van der Waals surface area contributed by atoms with Crippen molar-refractivity contribution in [1.82, 2.24) is 0 Å². The molecule has 1 aliphatic carbocycles. The lowest BCUT2D eigenvalue weighted by molar-refractivity contribution is -0.311. The number of halogens is 5. The minimum Gasteiger partial charge on any atom is -0.550 e. The molecule has 0 spiro atoms. The summed E-state index contributed by atoms with van der Waals surface area (Å²) < 4.78 is 34.5. The number of hydrogen-bond acceptors (Lipinski definition) is 2. The average molecular weight is 236 g/mol. The number of carbonyl (C=O) groups excluding carboxylic acids is 1. The molecule has 1 rings (SSSR count). The summed E-state index contributed by atoms with van der Waals surface area (Å²) in [6.07, 6.45) is -4.75. The Morgan fingerprint density at radius 1 is 1.46 bits per heavy atom. The third kappa shape index (κ3) is 1.13. The van der Waals surface area contributed by atoms with Crippen LogP contribution in [0.1, 0.15) is 6.92 Å². The van der Waals surface area contributed by atoms with Gasteiger partial charge in [0, 0.05) is 11.9 Å². The van der Waals surface area contributed by atoms with E-state index in [1.54, 1.807) is 0 Å². The van der Waals surface area contributed by atoms with Gasteiger partial charge in [0.05, 0.1) is 0 Å². The normalized spacial score (nSPS) is 37.2. The molecule has 2 unspecified atom stereocenters. The zero-order valence-electron chi connectivity index (χ0n) is 6.28. The van der Waals surface area contributed by atoms with E-state index < -0.39 is 27.8 Å². The average Bonchev–Trinajstić information content (AvgIpc) is 2.26. The zero-order valence-corrected chi connectivity index (χ0v) is 7.80. The third-order valence-corrected chi connectivity index (χ3v) is 3.60. The first-order valence-corrected chi connectivity index (χ1v) is 3.98. The molecule has 1 aliphatic rings. The summed E-state index contributed by atoms with van der Waals surface area (Å²) in [5, 5.41) is 10.3. The highest BCUT2D eigenvalue weighted by atomic mass is 35.5. The molecule has 0 amide bonds. The molecule has 0 heterocycles. The van der Waals surface area contributed by atoms with E-state index in [0.717, 1.165) is 0 Å². The van der Waals surface area contributed by atoms with Crippen LogP contribution < -0.4 is 5.11 Å². The Kier molecular flexibility index (Phi) is 2.06. The number of carboxylic acid groups (broad SMARTS) is 1. The van der Waals surface area contributed by atoms with Gasteiger partial charge in [-0.05, 0) is 6.92 Å². The van der Waals surface area contributed by atoms with Crippen LogP contribution in [-0.4, -0.2) is 16.5 Å². The Hall–Kier alpha value is -0.160. The van der Waals surface area contributed by atoms with E-state index in [1.807, 2.05) is 0 Å². The van der Waals surface area contributed by atoms with Crippen LogP contribution in [0.15, 0.2) is 0 Å². The molecule has 7 heteroatoms. The van der Waals surface area contributed by atoms with Crippen molar-refractivity contribution in [2.75, 3.05) is 0 Å². The SMILES string of the molecule is CC1(C(F)(F)F)C(C(=O)[O-])C1(Cl)Cl. The maximum atomic E-state index is 12.3. The molecule has 0 aromatic carbocycles. The van der Waals surface area contributed by atoms with Gasteiger partial charge in [-0.3, -0.25) is 0 Å². The quantitative estimate of drug-likeness (QED) is 0.639. The Bertz CT molecular complexity index is 263. The first-order chi connectivity index (χ1) is 5.57. The van der Waals surface area contributed by atoms with Gasteiger partial charge in [0.2, 0.25) is 0 Å². The van der Waals surface area contributed by atoms with Crippen LogP contribution in [0.3, 0.4) is 0 Å². The summed E-state index contributed by atoms with van der Waals surface area (Å²) in [5.41, 5.74) is -2.61. The Morgan fingerprint density at radius 2 is 1.85 bits per heavy atom. The van der Waals surface area contributed by atoms with Gasteiger partial charge in [-0.15, -0.1) is 0 Å². The third-order valence-electron chi connectivity index (χ3n) is 2.37. The molecule has 1 fully saturated rings. The largest absolute Gasteiger partial charge is 0.550 e. The van der Waals surface area contributed by atoms with Crippen molar-refractivity contribution in [3.8, 4) is 0 Å². The minimum atomic E-state index is -4.75. The molecular weight excluding hydrogens is 232 g/mol. The molecule has 0 saturated heterocycles. The van der Waals surface area contributed by atoms with Gasteiger partial charge in [-0.2, -0.15) is 13.2 Å². The van der Waals surface area contributed by atoms with E-state index in [0.29, 0.717) is 6.92 Å². The second kappa shape index (κ2) is 2.45. The highest BCUT2D eigenvalue weighted by Gasteiger charge is 2.84. The highest BCUT2D eigenvalue weighted by molar-refractivity contribution is 6.53. The van der Waals surface area contributed by atoms with E-state index >= 15 is 0 Å². The van der Waals surface area contributed by atoms with E-state index in [2.05, 4.69) is 0 Å². The standard InChI is InChI=1S/C6H5Cl2F3O2/c1-4(6(9,10)11)2(3(12)13)5(4,7)8/h2H,1H3,(H,12,13)/p-1. The topological polar surface area (TPSA) is 40.1 Å². The van der Waals surface area contributed by atoms with Crippen LogP contribution in [0.25, 0.3) is 0 Å². The maximum absolute atomic E-state index is 12.3. The monoisotopic (exact) mass is 235 g/mol. The lowest BCUT2D eigenvalue weighted by Gasteiger charge is -2.16. The summed E-state index contributed by atoms with van der Waals surface area (Å²) in [6.45, 7) is 0.660. The second-order valence-electron chi connectivity index (χ2n) is 3.08. The van der Waals surface area contributed by atoms with Crippen molar-refractivity contribution in [2.24, 2.45) is 11.3 Å². The first-order valence-electron chi connectivity index (χ1n) is 3.22. The first kappa shape index (κ1) is 10.9. The Balaban J connectivity index is 3.04. The Labute approximate surface area is 81.6 Å². The maximum Gasteiger partial charge on any atom is 0.397 e. The van der Waals surface area contributed by atoms with Crippen LogP contribution in [0.5, 0.6) is 0 Å². The summed E-state index contributed by atoms with van der Waals surface area (Å²) in [5.74, 6) is -3.78. The highest BCUT2D eigenvalue weighted by Crippen LogP contribution is 2.74. The molecule has 2 nitrogen and oxygen atoms in total. The van der Waals surface area contributed by atoms with Crippen LogP contribution in [0, 0.1) is 11.3 Å². The van der Waals surface area contributed by atoms with Crippen molar-refractivity contribution >= 4 is 29.2 Å². The van der Waals surface area contributed by atoms with Crippen molar-refractivity contribution in [3.63, 3.8) is 0 Å². The smallest absolute Gasteiger partial charge is 0.397 e. The molecule has 0 aromatic rings. The molecule has 0 aliphatic heterocycles. The van der Waals surface area contributed by atoms with Crippen LogP contribution >= 0.6 is 23.2 Å². The fraction of sp³-hybridized carbons (Fsp3) is 0.833. The van der Waals surface area contributed by atoms with Gasteiger partial charge < -0.3 is 9.90 Å². The van der Waals surface area contributed by atoms with Crippen molar-refractivity contribution in [3.05, 3.63) is 0 Å². The molecule has 1 saturated carbocycles. The van der Waals surface area contributed by atoms with Crippen LogP contribution in [-0.2, 0) is 4.79 Å². The van der Waals surface area contributed by atoms with Crippen LogP contribution in [0.2, 0.25) is 0 Å². The van der Waals surface area contributed by atoms with Crippen LogP contribution in [0.4, 0.5) is 13.2 Å². The molecular formula is C6H4Cl2F3O2-. The van der Waals surface area contributed by atoms with Gasteiger partial charge in [0.1, 0.15) is 9.75 Å². The van der Waals surface area contributed by atoms with Gasteiger partial charge >= 0.3 is 6.18 Å². The van der Waals surface area contributed by atoms with E-state index in [-0.39, 0.29) is 0 Å². The molecule has 2 atom stereocenters. The number of alkyl halides is 5. The molecule has 0 N–H and O–H groups in total. The van der Waals surface area contributed by atoms with Gasteiger partial charge in [0.25, 0.3) is 0 Å². The lowest BCUT2D eigenvalue weighted by atomic mass is 10.1. The van der Waals surface area contributed by atoms with Gasteiger partial charge in [-0.25, -0.2) is 0 Å².